The molecule has 1 aromatic carbocycles. The van der Waals surface area contributed by atoms with E-state index in [2.05, 4.69) is 5.32 Å². The SMILES string of the molecule is C/C=C/C(=O)O[C@@H](C)C(=O)Nc1cccc(S(=O)(=O)N(C)C)c1. The van der Waals surface area contributed by atoms with E-state index in [1.54, 1.807) is 13.0 Å². The number of hydrogen-bond acceptors (Lipinski definition) is 5. The second kappa shape index (κ2) is 7.89. The van der Waals surface area contributed by atoms with Crippen molar-refractivity contribution < 1.29 is 22.7 Å². The predicted molar refractivity (Wildman–Crippen MR) is 86.3 cm³/mol. The van der Waals surface area contributed by atoms with E-state index in [9.17, 15) is 18.0 Å². The molecule has 0 saturated heterocycles. The number of benzene rings is 1. The van der Waals surface area contributed by atoms with Gasteiger partial charge in [0.25, 0.3) is 5.91 Å². The minimum absolute atomic E-state index is 0.0545. The number of allylic oxidation sites excluding steroid dienone is 1. The van der Waals surface area contributed by atoms with Gasteiger partial charge in [-0.25, -0.2) is 17.5 Å². The summed E-state index contributed by atoms with van der Waals surface area (Å²) in [6.45, 7) is 3.08. The lowest BCUT2D eigenvalue weighted by Gasteiger charge is -2.14. The maximum Gasteiger partial charge on any atom is 0.331 e. The largest absolute Gasteiger partial charge is 0.449 e. The van der Waals surface area contributed by atoms with Gasteiger partial charge in [0.05, 0.1) is 4.90 Å². The third-order valence-corrected chi connectivity index (χ3v) is 4.66. The van der Waals surface area contributed by atoms with Crippen molar-refractivity contribution >= 4 is 27.6 Å². The molecule has 0 aromatic heterocycles. The molecule has 1 rings (SSSR count). The number of hydrogen-bond donors (Lipinski definition) is 1. The summed E-state index contributed by atoms with van der Waals surface area (Å²) >= 11 is 0. The molecule has 1 N–H and O–H groups in total. The zero-order valence-electron chi connectivity index (χ0n) is 13.4. The second-order valence-corrected chi connectivity index (χ2v) is 7.04. The van der Waals surface area contributed by atoms with Gasteiger partial charge in [-0.1, -0.05) is 12.1 Å². The van der Waals surface area contributed by atoms with Crippen LogP contribution in [0.5, 0.6) is 0 Å². The number of ether oxygens (including phenoxy) is 1. The van der Waals surface area contributed by atoms with Gasteiger partial charge >= 0.3 is 5.97 Å². The van der Waals surface area contributed by atoms with Gasteiger partial charge in [0.1, 0.15) is 0 Å². The molecule has 1 aromatic rings. The quantitative estimate of drug-likeness (QED) is 0.624. The first-order chi connectivity index (χ1) is 10.7. The highest BCUT2D eigenvalue weighted by Crippen LogP contribution is 2.18. The third kappa shape index (κ3) is 5.19. The molecule has 7 nitrogen and oxygen atoms in total. The molecule has 8 heteroatoms. The van der Waals surface area contributed by atoms with Gasteiger partial charge in [0.15, 0.2) is 6.10 Å². The van der Waals surface area contributed by atoms with Crippen LogP contribution in [-0.4, -0.2) is 44.8 Å². The van der Waals surface area contributed by atoms with Crippen LogP contribution >= 0.6 is 0 Å². The van der Waals surface area contributed by atoms with E-state index in [0.717, 1.165) is 4.31 Å². The maximum atomic E-state index is 12.1. The molecule has 0 saturated carbocycles. The van der Waals surface area contributed by atoms with Crippen molar-refractivity contribution in [2.24, 2.45) is 0 Å². The topological polar surface area (TPSA) is 92.8 Å². The van der Waals surface area contributed by atoms with Crippen LogP contribution in [0.25, 0.3) is 0 Å². The molecule has 0 aliphatic rings. The molecule has 23 heavy (non-hydrogen) atoms. The zero-order chi connectivity index (χ0) is 17.6. The first-order valence-electron chi connectivity index (χ1n) is 6.85. The van der Waals surface area contributed by atoms with Crippen molar-refractivity contribution in [3.8, 4) is 0 Å². The maximum absolute atomic E-state index is 12.1. The van der Waals surface area contributed by atoms with Crippen LogP contribution in [-0.2, 0) is 24.3 Å². The molecule has 0 fully saturated rings. The Kier molecular flexibility index (Phi) is 6.47. The van der Waals surface area contributed by atoms with Crippen molar-refractivity contribution in [3.63, 3.8) is 0 Å². The summed E-state index contributed by atoms with van der Waals surface area (Å²) in [7, 11) is -0.754. The molecule has 0 unspecified atom stereocenters. The number of esters is 1. The molecule has 0 radical (unpaired) electrons. The number of nitrogens with one attached hydrogen (secondary N) is 1. The first kappa shape index (κ1) is 18.9. The highest BCUT2D eigenvalue weighted by Gasteiger charge is 2.20. The number of rotatable bonds is 6. The Bertz CT molecular complexity index is 710. The molecule has 126 valence electrons. The van der Waals surface area contributed by atoms with Crippen LogP contribution in [0.4, 0.5) is 5.69 Å². The average Bonchev–Trinajstić information content (AvgIpc) is 2.47. The van der Waals surface area contributed by atoms with E-state index in [1.807, 2.05) is 0 Å². The Balaban J connectivity index is 2.86. The van der Waals surface area contributed by atoms with Crippen LogP contribution in [0.3, 0.4) is 0 Å². The number of carbonyl (C=O) groups excluding carboxylic acids is 2. The minimum Gasteiger partial charge on any atom is -0.449 e. The molecule has 0 bridgehead atoms. The van der Waals surface area contributed by atoms with Crippen LogP contribution in [0, 0.1) is 0 Å². The number of sulfonamides is 1. The highest BCUT2D eigenvalue weighted by atomic mass is 32.2. The normalized spacial score (nSPS) is 13.1. The summed E-state index contributed by atoms with van der Waals surface area (Å²) in [6.07, 6.45) is 1.70. The fourth-order valence-corrected chi connectivity index (χ4v) is 2.54. The van der Waals surface area contributed by atoms with Crippen LogP contribution in [0.15, 0.2) is 41.3 Å². The van der Waals surface area contributed by atoms with Crippen molar-refractivity contribution in [1.29, 1.82) is 0 Å². The molecule has 0 aliphatic carbocycles. The van der Waals surface area contributed by atoms with E-state index in [-0.39, 0.29) is 4.90 Å². The summed E-state index contributed by atoms with van der Waals surface area (Å²) in [6, 6.07) is 5.84. The summed E-state index contributed by atoms with van der Waals surface area (Å²) in [4.78, 5) is 23.3. The molecule has 0 spiro atoms. The van der Waals surface area contributed by atoms with Crippen LogP contribution in [0.2, 0.25) is 0 Å². The van der Waals surface area contributed by atoms with E-state index < -0.39 is 28.0 Å². The van der Waals surface area contributed by atoms with Crippen molar-refractivity contribution in [1.82, 2.24) is 4.31 Å². The fraction of sp³-hybridized carbons (Fsp3) is 0.333. The second-order valence-electron chi connectivity index (χ2n) is 4.88. The van der Waals surface area contributed by atoms with Gasteiger partial charge in [-0.2, -0.15) is 0 Å². The van der Waals surface area contributed by atoms with E-state index >= 15 is 0 Å². The molecule has 1 amide bonds. The standard InChI is InChI=1S/C15H20N2O5S/c1-5-7-14(18)22-11(2)15(19)16-12-8-6-9-13(10-12)23(20,21)17(3)4/h5-11H,1-4H3,(H,16,19)/b7-5+/t11-/m0/s1. The van der Waals surface area contributed by atoms with Gasteiger partial charge in [-0.05, 0) is 32.0 Å². The van der Waals surface area contributed by atoms with Crippen molar-refractivity contribution in [2.45, 2.75) is 24.8 Å². The molecule has 1 atom stereocenters. The third-order valence-electron chi connectivity index (χ3n) is 2.85. The lowest BCUT2D eigenvalue weighted by Crippen LogP contribution is -2.29. The summed E-state index contributed by atoms with van der Waals surface area (Å²) in [5, 5.41) is 2.52. The minimum atomic E-state index is -3.59. The summed E-state index contributed by atoms with van der Waals surface area (Å²) in [5.74, 6) is -1.18. The lowest BCUT2D eigenvalue weighted by atomic mass is 10.3. The highest BCUT2D eigenvalue weighted by molar-refractivity contribution is 7.89. The van der Waals surface area contributed by atoms with Gasteiger partial charge in [-0.15, -0.1) is 0 Å². The van der Waals surface area contributed by atoms with E-state index in [4.69, 9.17) is 4.74 Å². The average molecular weight is 340 g/mol. The monoisotopic (exact) mass is 340 g/mol. The Morgan fingerprint density at radius 3 is 2.52 bits per heavy atom. The zero-order valence-corrected chi connectivity index (χ0v) is 14.3. The van der Waals surface area contributed by atoms with Crippen LogP contribution < -0.4 is 5.32 Å². The molecular formula is C15H20N2O5S. The fourth-order valence-electron chi connectivity index (χ4n) is 1.59. The molecule has 0 heterocycles. The van der Waals surface area contributed by atoms with E-state index in [0.29, 0.717) is 5.69 Å². The Morgan fingerprint density at radius 2 is 1.96 bits per heavy atom. The Morgan fingerprint density at radius 1 is 1.30 bits per heavy atom. The predicted octanol–water partition coefficient (Wildman–Crippen LogP) is 1.38. The van der Waals surface area contributed by atoms with Gasteiger partial charge in [0, 0.05) is 25.9 Å². The summed E-state index contributed by atoms with van der Waals surface area (Å²) in [5.41, 5.74) is 0.298. The van der Waals surface area contributed by atoms with Crippen molar-refractivity contribution in [2.75, 3.05) is 19.4 Å². The van der Waals surface area contributed by atoms with Gasteiger partial charge in [0.2, 0.25) is 10.0 Å². The van der Waals surface area contributed by atoms with Crippen molar-refractivity contribution in [3.05, 3.63) is 36.4 Å². The van der Waals surface area contributed by atoms with Crippen LogP contribution in [0.1, 0.15) is 13.8 Å². The summed E-state index contributed by atoms with van der Waals surface area (Å²) < 4.78 is 30.1. The smallest absolute Gasteiger partial charge is 0.331 e. The number of nitrogens with zero attached hydrogens (tertiary/aromatic N) is 1. The lowest BCUT2D eigenvalue weighted by molar-refractivity contribution is -0.148. The van der Waals surface area contributed by atoms with E-state index in [1.165, 1.54) is 51.4 Å². The first-order valence-corrected chi connectivity index (χ1v) is 8.29. The molecule has 0 aliphatic heterocycles. The number of carbonyl (C=O) groups is 2. The Hall–Kier alpha value is -2.19. The van der Waals surface area contributed by atoms with Gasteiger partial charge in [-0.3, -0.25) is 4.79 Å². The Labute approximate surface area is 136 Å². The molecular weight excluding hydrogens is 320 g/mol. The number of anilines is 1. The van der Waals surface area contributed by atoms with Gasteiger partial charge < -0.3 is 10.1 Å². The number of amides is 1.